The van der Waals surface area contributed by atoms with Crippen LogP contribution in [0.4, 0.5) is 0 Å². The third-order valence-corrected chi connectivity index (χ3v) is 5.06. The largest absolute Gasteiger partial charge is 0.338 e. The van der Waals surface area contributed by atoms with Crippen LogP contribution in [0.15, 0.2) is 41.6 Å². The number of amides is 2. The van der Waals surface area contributed by atoms with Crippen LogP contribution in [0.25, 0.3) is 0 Å². The van der Waals surface area contributed by atoms with Crippen LogP contribution >= 0.6 is 11.8 Å². The van der Waals surface area contributed by atoms with E-state index in [1.54, 1.807) is 4.90 Å². The van der Waals surface area contributed by atoms with Crippen molar-refractivity contribution in [3.05, 3.63) is 53.3 Å². The zero-order valence-electron chi connectivity index (χ0n) is 15.0. The fourth-order valence-electron chi connectivity index (χ4n) is 2.90. The Kier molecular flexibility index (Phi) is 5.88. The molecule has 0 atom stereocenters. The maximum Gasteiger partial charge on any atom is 0.253 e. The molecule has 1 fully saturated rings. The Morgan fingerprint density at radius 2 is 1.54 bits per heavy atom. The Labute approximate surface area is 157 Å². The van der Waals surface area contributed by atoms with E-state index in [0.717, 1.165) is 11.4 Å². The summed E-state index contributed by atoms with van der Waals surface area (Å²) in [5.41, 5.74) is 2.50. The fraction of sp³-hybridized carbons (Fsp3) is 0.368. The molecular weight excluding hydrogens is 348 g/mol. The predicted molar refractivity (Wildman–Crippen MR) is 101 cm³/mol. The predicted octanol–water partition coefficient (Wildman–Crippen LogP) is 2.17. The molecule has 1 aromatic heterocycles. The maximum absolute atomic E-state index is 12.5. The molecule has 0 unspecified atom stereocenters. The molecule has 6 nitrogen and oxygen atoms in total. The molecule has 136 valence electrons. The summed E-state index contributed by atoms with van der Waals surface area (Å²) in [5.74, 6) is 0.399. The molecule has 2 amide bonds. The highest BCUT2D eigenvalue weighted by molar-refractivity contribution is 7.99. The average Bonchev–Trinajstić information content (AvgIpc) is 2.65. The molecule has 2 aromatic rings. The number of carbonyl (C=O) groups excluding carboxylic acids is 2. The standard InChI is InChI=1S/C19H22N4O2S/c1-14-12-15(2)21-19(20-14)26-13-17(24)22-8-10-23(11-9-22)18(25)16-6-4-3-5-7-16/h3-7,12H,8-11,13H2,1-2H3. The van der Waals surface area contributed by atoms with E-state index < -0.39 is 0 Å². The van der Waals surface area contributed by atoms with Gasteiger partial charge in [-0.25, -0.2) is 9.97 Å². The van der Waals surface area contributed by atoms with Gasteiger partial charge in [-0.05, 0) is 32.0 Å². The number of benzene rings is 1. The molecule has 2 heterocycles. The molecule has 26 heavy (non-hydrogen) atoms. The van der Waals surface area contributed by atoms with Gasteiger partial charge in [0.05, 0.1) is 5.75 Å². The van der Waals surface area contributed by atoms with Gasteiger partial charge >= 0.3 is 0 Å². The first-order valence-corrected chi connectivity index (χ1v) is 9.58. The zero-order chi connectivity index (χ0) is 18.5. The lowest BCUT2D eigenvalue weighted by molar-refractivity contribution is -0.129. The summed E-state index contributed by atoms with van der Waals surface area (Å²) in [4.78, 5) is 37.2. The van der Waals surface area contributed by atoms with Gasteiger partial charge in [-0.1, -0.05) is 30.0 Å². The van der Waals surface area contributed by atoms with Gasteiger partial charge in [-0.15, -0.1) is 0 Å². The number of hydrogen-bond acceptors (Lipinski definition) is 5. The van der Waals surface area contributed by atoms with Gasteiger partial charge in [0.1, 0.15) is 0 Å². The van der Waals surface area contributed by atoms with Crippen LogP contribution in [-0.2, 0) is 4.79 Å². The van der Waals surface area contributed by atoms with Crippen molar-refractivity contribution in [3.8, 4) is 0 Å². The van der Waals surface area contributed by atoms with Crippen molar-refractivity contribution in [1.29, 1.82) is 0 Å². The Morgan fingerprint density at radius 1 is 0.962 bits per heavy atom. The summed E-state index contributed by atoms with van der Waals surface area (Å²) in [6.07, 6.45) is 0. The van der Waals surface area contributed by atoms with Crippen molar-refractivity contribution in [2.45, 2.75) is 19.0 Å². The first-order valence-electron chi connectivity index (χ1n) is 8.60. The summed E-state index contributed by atoms with van der Waals surface area (Å²) in [5, 5.41) is 0.633. The second kappa shape index (κ2) is 8.31. The first-order chi connectivity index (χ1) is 12.5. The third-order valence-electron chi connectivity index (χ3n) is 4.23. The molecule has 0 saturated carbocycles. The van der Waals surface area contributed by atoms with E-state index in [0.29, 0.717) is 42.7 Å². The molecule has 0 spiro atoms. The summed E-state index contributed by atoms with van der Waals surface area (Å²) in [6.45, 7) is 6.08. The highest BCUT2D eigenvalue weighted by Crippen LogP contribution is 2.16. The number of nitrogens with zero attached hydrogens (tertiary/aromatic N) is 4. The van der Waals surface area contributed by atoms with Gasteiger partial charge in [-0.3, -0.25) is 9.59 Å². The van der Waals surface area contributed by atoms with Gasteiger partial charge in [0.25, 0.3) is 5.91 Å². The molecule has 1 saturated heterocycles. The van der Waals surface area contributed by atoms with E-state index in [4.69, 9.17) is 0 Å². The summed E-state index contributed by atoms with van der Waals surface area (Å²) < 4.78 is 0. The normalized spacial score (nSPS) is 14.4. The Balaban J connectivity index is 1.50. The number of aryl methyl sites for hydroxylation is 2. The van der Waals surface area contributed by atoms with Crippen LogP contribution in [0, 0.1) is 13.8 Å². The number of aromatic nitrogens is 2. The Morgan fingerprint density at radius 3 is 2.15 bits per heavy atom. The highest BCUT2D eigenvalue weighted by Gasteiger charge is 2.24. The lowest BCUT2D eigenvalue weighted by atomic mass is 10.2. The molecule has 0 N–H and O–H groups in total. The molecule has 1 aromatic carbocycles. The van der Waals surface area contributed by atoms with E-state index in [9.17, 15) is 9.59 Å². The van der Waals surface area contributed by atoms with Crippen LogP contribution in [-0.4, -0.2) is 63.5 Å². The van der Waals surface area contributed by atoms with Crippen LogP contribution < -0.4 is 0 Å². The van der Waals surface area contributed by atoms with Crippen molar-refractivity contribution < 1.29 is 9.59 Å². The van der Waals surface area contributed by atoms with Crippen LogP contribution in [0.1, 0.15) is 21.7 Å². The molecular formula is C19H22N4O2S. The minimum atomic E-state index is 0.0238. The fourth-order valence-corrected chi connectivity index (χ4v) is 3.75. The summed E-state index contributed by atoms with van der Waals surface area (Å²) >= 11 is 1.36. The minimum Gasteiger partial charge on any atom is -0.338 e. The molecule has 1 aliphatic heterocycles. The third kappa shape index (κ3) is 4.60. The lowest BCUT2D eigenvalue weighted by Gasteiger charge is -2.34. The van der Waals surface area contributed by atoms with Crippen molar-refractivity contribution in [3.63, 3.8) is 0 Å². The average molecular weight is 370 g/mol. The Hall–Kier alpha value is -2.41. The smallest absolute Gasteiger partial charge is 0.253 e. The highest BCUT2D eigenvalue weighted by atomic mass is 32.2. The van der Waals surface area contributed by atoms with E-state index >= 15 is 0 Å². The SMILES string of the molecule is Cc1cc(C)nc(SCC(=O)N2CCN(C(=O)c3ccccc3)CC2)n1. The van der Waals surface area contributed by atoms with Crippen molar-refractivity contribution in [2.24, 2.45) is 0 Å². The second-order valence-corrected chi connectivity index (χ2v) is 7.20. The number of piperazine rings is 1. The lowest BCUT2D eigenvalue weighted by Crippen LogP contribution is -2.51. The van der Waals surface area contributed by atoms with E-state index in [-0.39, 0.29) is 11.8 Å². The monoisotopic (exact) mass is 370 g/mol. The van der Waals surface area contributed by atoms with Crippen LogP contribution in [0.3, 0.4) is 0 Å². The molecule has 7 heteroatoms. The van der Waals surface area contributed by atoms with Gasteiger partial charge in [-0.2, -0.15) is 0 Å². The molecule has 1 aliphatic rings. The molecule has 0 aliphatic carbocycles. The van der Waals surface area contributed by atoms with Crippen LogP contribution in [0.2, 0.25) is 0 Å². The maximum atomic E-state index is 12.5. The van der Waals surface area contributed by atoms with Gasteiger partial charge in [0, 0.05) is 43.1 Å². The van der Waals surface area contributed by atoms with Crippen LogP contribution in [0.5, 0.6) is 0 Å². The van der Waals surface area contributed by atoms with E-state index in [1.165, 1.54) is 11.8 Å². The molecule has 0 bridgehead atoms. The first kappa shape index (κ1) is 18.4. The van der Waals surface area contributed by atoms with E-state index in [2.05, 4.69) is 9.97 Å². The number of hydrogen-bond donors (Lipinski definition) is 0. The molecule has 0 radical (unpaired) electrons. The Bertz CT molecular complexity index is 769. The van der Waals surface area contributed by atoms with Crippen molar-refractivity contribution in [2.75, 3.05) is 31.9 Å². The topological polar surface area (TPSA) is 66.4 Å². The van der Waals surface area contributed by atoms with E-state index in [1.807, 2.05) is 55.1 Å². The number of carbonyl (C=O) groups is 2. The van der Waals surface area contributed by atoms with Gasteiger partial charge < -0.3 is 9.80 Å². The number of thioether (sulfide) groups is 1. The number of rotatable bonds is 4. The summed E-state index contributed by atoms with van der Waals surface area (Å²) in [6, 6.07) is 11.2. The van der Waals surface area contributed by atoms with Gasteiger partial charge in [0.2, 0.25) is 5.91 Å². The minimum absolute atomic E-state index is 0.0238. The van der Waals surface area contributed by atoms with Gasteiger partial charge in [0.15, 0.2) is 5.16 Å². The van der Waals surface area contributed by atoms with Crippen molar-refractivity contribution in [1.82, 2.24) is 19.8 Å². The molecule has 3 rings (SSSR count). The summed E-state index contributed by atoms with van der Waals surface area (Å²) in [7, 11) is 0. The zero-order valence-corrected chi connectivity index (χ0v) is 15.8. The second-order valence-electron chi connectivity index (χ2n) is 6.26. The van der Waals surface area contributed by atoms with Crippen molar-refractivity contribution >= 4 is 23.6 Å². The quantitative estimate of drug-likeness (QED) is 0.610.